The van der Waals surface area contributed by atoms with Crippen LogP contribution in [0.15, 0.2) is 40.2 Å². The Kier molecular flexibility index (Phi) is 3.53. The summed E-state index contributed by atoms with van der Waals surface area (Å²) in [5, 5.41) is 4.74. The molecule has 1 aromatic rings. The monoisotopic (exact) mass is 341 g/mol. The third kappa shape index (κ3) is 3.09. The Morgan fingerprint density at radius 3 is 2.42 bits per heavy atom. The number of nitrogens with one attached hydrogen (secondary N) is 1. The van der Waals surface area contributed by atoms with Crippen molar-refractivity contribution in [1.29, 1.82) is 0 Å². The van der Waals surface area contributed by atoms with E-state index in [9.17, 15) is 8.42 Å². The molecule has 1 saturated carbocycles. The van der Waals surface area contributed by atoms with Crippen LogP contribution in [0.4, 0.5) is 0 Å². The molecule has 1 heterocycles. The van der Waals surface area contributed by atoms with Crippen LogP contribution in [0.2, 0.25) is 0 Å². The standard InChI is InChI=1S/C14H16BrNO2S/c15-12-3-1-10(2-4-12)11-7-14(8-11)16-13-5-6-19(17,18)9-13/h1-6,11,13-14,16H,7-9H2. The van der Waals surface area contributed by atoms with Crippen molar-refractivity contribution in [2.75, 3.05) is 5.75 Å². The summed E-state index contributed by atoms with van der Waals surface area (Å²) in [5.74, 6) is 0.819. The molecule has 5 heteroatoms. The van der Waals surface area contributed by atoms with E-state index in [4.69, 9.17) is 0 Å². The second-order valence-electron chi connectivity index (χ2n) is 5.35. The van der Waals surface area contributed by atoms with Gasteiger partial charge in [-0.25, -0.2) is 8.42 Å². The Morgan fingerprint density at radius 2 is 1.84 bits per heavy atom. The van der Waals surface area contributed by atoms with E-state index in [1.165, 1.54) is 11.0 Å². The largest absolute Gasteiger partial charge is 0.307 e. The molecule has 19 heavy (non-hydrogen) atoms. The average Bonchev–Trinajstić information content (AvgIpc) is 2.64. The van der Waals surface area contributed by atoms with Gasteiger partial charge in [-0.2, -0.15) is 0 Å². The fourth-order valence-corrected chi connectivity index (χ4v) is 4.26. The number of hydrogen-bond acceptors (Lipinski definition) is 3. The van der Waals surface area contributed by atoms with Gasteiger partial charge in [0.2, 0.25) is 0 Å². The SMILES string of the molecule is O=S1(=O)C=CC(NC2CC(c3ccc(Br)cc3)C2)C1. The second kappa shape index (κ2) is 5.04. The Balaban J connectivity index is 1.51. The van der Waals surface area contributed by atoms with E-state index in [-0.39, 0.29) is 11.8 Å². The van der Waals surface area contributed by atoms with Gasteiger partial charge >= 0.3 is 0 Å². The molecule has 0 spiro atoms. The van der Waals surface area contributed by atoms with Gasteiger partial charge in [-0.15, -0.1) is 0 Å². The van der Waals surface area contributed by atoms with Crippen molar-refractivity contribution in [3.63, 3.8) is 0 Å². The maximum Gasteiger partial charge on any atom is 0.173 e. The highest BCUT2D eigenvalue weighted by atomic mass is 79.9. The van der Waals surface area contributed by atoms with E-state index in [1.807, 2.05) is 0 Å². The normalized spacial score (nSPS) is 32.2. The van der Waals surface area contributed by atoms with Crippen LogP contribution in [0, 0.1) is 0 Å². The number of sulfone groups is 1. The second-order valence-corrected chi connectivity index (χ2v) is 8.19. The molecule has 1 unspecified atom stereocenters. The van der Waals surface area contributed by atoms with Crippen LogP contribution in [0.3, 0.4) is 0 Å². The molecular weight excluding hydrogens is 326 g/mol. The van der Waals surface area contributed by atoms with Crippen molar-refractivity contribution in [2.24, 2.45) is 0 Å². The predicted molar refractivity (Wildman–Crippen MR) is 79.8 cm³/mol. The zero-order valence-corrected chi connectivity index (χ0v) is 12.8. The van der Waals surface area contributed by atoms with Crippen molar-refractivity contribution >= 4 is 25.8 Å². The summed E-state index contributed by atoms with van der Waals surface area (Å²) >= 11 is 3.44. The molecule has 1 aromatic carbocycles. The lowest BCUT2D eigenvalue weighted by atomic mass is 9.75. The molecule has 1 atom stereocenters. The molecule has 102 valence electrons. The van der Waals surface area contributed by atoms with Crippen LogP contribution in [-0.2, 0) is 9.84 Å². The topological polar surface area (TPSA) is 46.2 Å². The molecule has 2 aliphatic rings. The Morgan fingerprint density at radius 1 is 1.16 bits per heavy atom. The predicted octanol–water partition coefficient (Wildman–Crippen LogP) is 2.60. The van der Waals surface area contributed by atoms with Crippen molar-refractivity contribution in [3.05, 3.63) is 45.8 Å². The van der Waals surface area contributed by atoms with Crippen LogP contribution in [0.25, 0.3) is 0 Å². The van der Waals surface area contributed by atoms with Crippen LogP contribution < -0.4 is 5.32 Å². The van der Waals surface area contributed by atoms with E-state index < -0.39 is 9.84 Å². The van der Waals surface area contributed by atoms with Gasteiger partial charge in [0.25, 0.3) is 0 Å². The van der Waals surface area contributed by atoms with E-state index in [2.05, 4.69) is 45.5 Å². The molecule has 0 radical (unpaired) electrons. The summed E-state index contributed by atoms with van der Waals surface area (Å²) in [6.07, 6.45) is 3.94. The van der Waals surface area contributed by atoms with Gasteiger partial charge in [0.15, 0.2) is 9.84 Å². The lowest BCUT2D eigenvalue weighted by Gasteiger charge is -2.37. The van der Waals surface area contributed by atoms with Gasteiger partial charge in [0.1, 0.15) is 0 Å². The lowest BCUT2D eigenvalue weighted by molar-refractivity contribution is 0.283. The van der Waals surface area contributed by atoms with Crippen molar-refractivity contribution in [1.82, 2.24) is 5.32 Å². The Bertz CT molecular complexity index is 588. The molecule has 0 bridgehead atoms. The summed E-state index contributed by atoms with van der Waals surface area (Å²) in [6, 6.07) is 8.90. The molecule has 3 rings (SSSR count). The first-order chi connectivity index (χ1) is 9.02. The summed E-state index contributed by atoms with van der Waals surface area (Å²) in [6.45, 7) is 0. The first-order valence-corrected chi connectivity index (χ1v) is 8.95. The molecule has 1 aliphatic carbocycles. The van der Waals surface area contributed by atoms with Gasteiger partial charge in [-0.05, 0) is 36.5 Å². The quantitative estimate of drug-likeness (QED) is 0.919. The summed E-state index contributed by atoms with van der Waals surface area (Å²) < 4.78 is 23.7. The minimum absolute atomic E-state index is 0.000804. The van der Waals surface area contributed by atoms with Crippen molar-refractivity contribution in [2.45, 2.75) is 30.8 Å². The van der Waals surface area contributed by atoms with Crippen LogP contribution >= 0.6 is 15.9 Å². The summed E-state index contributed by atoms with van der Waals surface area (Å²) in [7, 11) is -2.94. The van der Waals surface area contributed by atoms with Gasteiger partial charge in [0.05, 0.1) is 5.75 Å². The summed E-state index contributed by atoms with van der Waals surface area (Å²) in [4.78, 5) is 0. The minimum atomic E-state index is -2.94. The fraction of sp³-hybridized carbons (Fsp3) is 0.429. The van der Waals surface area contributed by atoms with Gasteiger partial charge in [0, 0.05) is 22.0 Å². The van der Waals surface area contributed by atoms with E-state index in [0.717, 1.165) is 17.3 Å². The fourth-order valence-electron chi connectivity index (χ4n) is 2.74. The highest BCUT2D eigenvalue weighted by Crippen LogP contribution is 2.37. The van der Waals surface area contributed by atoms with Crippen LogP contribution in [-0.4, -0.2) is 26.3 Å². The summed E-state index contributed by atoms with van der Waals surface area (Å²) in [5.41, 5.74) is 1.37. The Labute approximate surface area is 122 Å². The maximum atomic E-state index is 11.3. The molecule has 1 aliphatic heterocycles. The highest BCUT2D eigenvalue weighted by molar-refractivity contribution is 9.10. The van der Waals surface area contributed by atoms with Crippen LogP contribution in [0.5, 0.6) is 0 Å². The third-order valence-electron chi connectivity index (χ3n) is 3.86. The highest BCUT2D eigenvalue weighted by Gasteiger charge is 2.33. The molecule has 1 fully saturated rings. The van der Waals surface area contributed by atoms with Crippen molar-refractivity contribution in [3.8, 4) is 0 Å². The number of benzene rings is 1. The molecule has 0 aromatic heterocycles. The zero-order valence-electron chi connectivity index (χ0n) is 10.4. The number of hydrogen-bond donors (Lipinski definition) is 1. The Hall–Kier alpha value is -0.650. The first kappa shape index (κ1) is 13.3. The molecule has 0 saturated heterocycles. The van der Waals surface area contributed by atoms with Crippen molar-refractivity contribution < 1.29 is 8.42 Å². The number of rotatable bonds is 3. The number of halogens is 1. The average molecular weight is 342 g/mol. The van der Waals surface area contributed by atoms with E-state index in [1.54, 1.807) is 6.08 Å². The zero-order chi connectivity index (χ0) is 13.5. The molecular formula is C14H16BrNO2S. The van der Waals surface area contributed by atoms with Gasteiger partial charge in [-0.3, -0.25) is 0 Å². The minimum Gasteiger partial charge on any atom is -0.307 e. The maximum absolute atomic E-state index is 11.3. The molecule has 1 N–H and O–H groups in total. The smallest absolute Gasteiger partial charge is 0.173 e. The van der Waals surface area contributed by atoms with Gasteiger partial charge in [-0.1, -0.05) is 34.1 Å². The lowest BCUT2D eigenvalue weighted by Crippen LogP contribution is -2.45. The third-order valence-corrected chi connectivity index (χ3v) is 5.78. The van der Waals surface area contributed by atoms with E-state index in [0.29, 0.717) is 12.0 Å². The van der Waals surface area contributed by atoms with Gasteiger partial charge < -0.3 is 5.32 Å². The molecule has 0 amide bonds. The van der Waals surface area contributed by atoms with E-state index >= 15 is 0 Å². The first-order valence-electron chi connectivity index (χ1n) is 6.44. The molecule has 3 nitrogen and oxygen atoms in total. The van der Waals surface area contributed by atoms with Crippen LogP contribution in [0.1, 0.15) is 24.3 Å².